The molecule has 6 heteroatoms. The molecular weight excluding hydrogens is 439 g/mol. The fourth-order valence-corrected chi connectivity index (χ4v) is 3.29. The van der Waals surface area contributed by atoms with Crippen molar-refractivity contribution in [2.45, 2.75) is 39.8 Å². The quantitative estimate of drug-likeness (QED) is 0.363. The molecule has 1 aromatic carbocycles. The first kappa shape index (κ1) is 23.2. The molecule has 0 aliphatic carbocycles. The van der Waals surface area contributed by atoms with Crippen molar-refractivity contribution in [2.75, 3.05) is 39.9 Å². The Morgan fingerprint density at radius 1 is 1.23 bits per heavy atom. The summed E-state index contributed by atoms with van der Waals surface area (Å²) in [5.41, 5.74) is 2.56. The summed E-state index contributed by atoms with van der Waals surface area (Å²) in [5.74, 6) is 1.54. The molecule has 1 aliphatic rings. The molecule has 1 saturated heterocycles. The van der Waals surface area contributed by atoms with Crippen LogP contribution in [0.2, 0.25) is 0 Å². The lowest BCUT2D eigenvalue weighted by Crippen LogP contribution is -2.50. The molecule has 0 amide bonds. The van der Waals surface area contributed by atoms with E-state index < -0.39 is 0 Å². The second-order valence-corrected chi connectivity index (χ2v) is 7.23. The number of morpholine rings is 1. The van der Waals surface area contributed by atoms with Crippen LogP contribution < -0.4 is 10.6 Å². The maximum atomic E-state index is 5.50. The van der Waals surface area contributed by atoms with Crippen molar-refractivity contribution in [1.29, 1.82) is 0 Å². The Morgan fingerprint density at radius 2 is 1.96 bits per heavy atom. The Kier molecular flexibility index (Phi) is 11.2. The molecule has 1 heterocycles. The van der Waals surface area contributed by atoms with Crippen LogP contribution in [0.1, 0.15) is 31.4 Å². The lowest BCUT2D eigenvalue weighted by atomic mass is 10.0. The minimum atomic E-state index is 0. The van der Waals surface area contributed by atoms with Gasteiger partial charge in [-0.1, -0.05) is 43.7 Å². The monoisotopic (exact) mass is 474 g/mol. The number of aliphatic imine (C=N–C) groups is 1. The van der Waals surface area contributed by atoms with Crippen LogP contribution >= 0.6 is 24.0 Å². The fourth-order valence-electron chi connectivity index (χ4n) is 3.29. The zero-order chi connectivity index (χ0) is 18.1. The first-order valence-corrected chi connectivity index (χ1v) is 9.40. The molecule has 0 saturated carbocycles. The molecule has 1 aliphatic heterocycles. The average molecular weight is 474 g/mol. The second kappa shape index (κ2) is 12.5. The Labute approximate surface area is 176 Å². The van der Waals surface area contributed by atoms with E-state index in [0.717, 1.165) is 45.4 Å². The zero-order valence-corrected chi connectivity index (χ0v) is 19.0. The Balaban J connectivity index is 0.00000338. The fraction of sp³-hybridized carbons (Fsp3) is 0.650. The highest BCUT2D eigenvalue weighted by Crippen LogP contribution is 2.13. The van der Waals surface area contributed by atoms with E-state index in [9.17, 15) is 0 Å². The molecule has 1 aromatic rings. The van der Waals surface area contributed by atoms with Gasteiger partial charge >= 0.3 is 0 Å². The average Bonchev–Trinajstić information content (AvgIpc) is 2.61. The van der Waals surface area contributed by atoms with E-state index in [1.807, 2.05) is 7.05 Å². The van der Waals surface area contributed by atoms with Crippen LogP contribution in [-0.2, 0) is 11.3 Å². The molecule has 148 valence electrons. The predicted octanol–water partition coefficient (Wildman–Crippen LogP) is 3.02. The first-order valence-electron chi connectivity index (χ1n) is 9.40. The van der Waals surface area contributed by atoms with E-state index in [0.29, 0.717) is 12.0 Å². The topological polar surface area (TPSA) is 48.9 Å². The maximum Gasteiger partial charge on any atom is 0.191 e. The third-order valence-electron chi connectivity index (χ3n) is 4.58. The number of halogens is 1. The first-order chi connectivity index (χ1) is 12.1. The van der Waals surface area contributed by atoms with Gasteiger partial charge in [0.2, 0.25) is 0 Å². The highest BCUT2D eigenvalue weighted by molar-refractivity contribution is 14.0. The molecule has 0 radical (unpaired) electrons. The maximum absolute atomic E-state index is 5.50. The Morgan fingerprint density at radius 3 is 2.58 bits per heavy atom. The van der Waals surface area contributed by atoms with Gasteiger partial charge in [0.25, 0.3) is 0 Å². The van der Waals surface area contributed by atoms with Crippen molar-refractivity contribution in [2.24, 2.45) is 10.9 Å². The van der Waals surface area contributed by atoms with Crippen molar-refractivity contribution in [3.05, 3.63) is 35.4 Å². The Bertz CT molecular complexity index is 544. The van der Waals surface area contributed by atoms with Crippen molar-refractivity contribution >= 4 is 29.9 Å². The summed E-state index contributed by atoms with van der Waals surface area (Å²) in [7, 11) is 1.83. The van der Waals surface area contributed by atoms with Gasteiger partial charge in [0.15, 0.2) is 5.96 Å². The van der Waals surface area contributed by atoms with Gasteiger partial charge in [-0.25, -0.2) is 0 Å². The summed E-state index contributed by atoms with van der Waals surface area (Å²) in [6.07, 6.45) is 1.18. The number of hydrogen-bond acceptors (Lipinski definition) is 3. The SMILES string of the molecule is CN=C(NCc1cccc(C)c1)NCC(CC(C)C)N1CCOCC1.I. The predicted molar refractivity (Wildman–Crippen MR) is 120 cm³/mol. The Hall–Kier alpha value is -0.860. The highest BCUT2D eigenvalue weighted by atomic mass is 127. The van der Waals surface area contributed by atoms with Gasteiger partial charge in [-0.15, -0.1) is 24.0 Å². The van der Waals surface area contributed by atoms with Crippen LogP contribution in [0.15, 0.2) is 29.3 Å². The van der Waals surface area contributed by atoms with Gasteiger partial charge in [-0.05, 0) is 24.8 Å². The molecule has 0 spiro atoms. The lowest BCUT2D eigenvalue weighted by molar-refractivity contribution is 0.0132. The summed E-state index contributed by atoms with van der Waals surface area (Å²) >= 11 is 0. The van der Waals surface area contributed by atoms with E-state index in [2.05, 4.69) is 65.6 Å². The van der Waals surface area contributed by atoms with Crippen molar-refractivity contribution in [3.8, 4) is 0 Å². The van der Waals surface area contributed by atoms with Gasteiger partial charge < -0.3 is 15.4 Å². The van der Waals surface area contributed by atoms with Gasteiger partial charge in [-0.2, -0.15) is 0 Å². The smallest absolute Gasteiger partial charge is 0.191 e. The van der Waals surface area contributed by atoms with Crippen molar-refractivity contribution < 1.29 is 4.74 Å². The summed E-state index contributed by atoms with van der Waals surface area (Å²) < 4.78 is 5.50. The van der Waals surface area contributed by atoms with Crippen molar-refractivity contribution in [1.82, 2.24) is 15.5 Å². The summed E-state index contributed by atoms with van der Waals surface area (Å²) in [5, 5.41) is 6.93. The summed E-state index contributed by atoms with van der Waals surface area (Å²) in [6, 6.07) is 9.08. The van der Waals surface area contributed by atoms with E-state index >= 15 is 0 Å². The molecule has 26 heavy (non-hydrogen) atoms. The van der Waals surface area contributed by atoms with Crippen LogP contribution in [-0.4, -0.2) is 56.8 Å². The van der Waals surface area contributed by atoms with Crippen molar-refractivity contribution in [3.63, 3.8) is 0 Å². The van der Waals surface area contributed by atoms with Crippen LogP contribution in [0.25, 0.3) is 0 Å². The number of hydrogen-bond donors (Lipinski definition) is 2. The summed E-state index contributed by atoms with van der Waals surface area (Å²) in [4.78, 5) is 6.92. The molecule has 0 bridgehead atoms. The van der Waals surface area contributed by atoms with E-state index in [4.69, 9.17) is 4.74 Å². The minimum Gasteiger partial charge on any atom is -0.379 e. The number of rotatable bonds is 7. The zero-order valence-electron chi connectivity index (χ0n) is 16.6. The number of aryl methyl sites for hydroxylation is 1. The molecule has 1 unspecified atom stereocenters. The van der Waals surface area contributed by atoms with Crippen LogP contribution in [0.4, 0.5) is 0 Å². The number of nitrogens with one attached hydrogen (secondary N) is 2. The largest absolute Gasteiger partial charge is 0.379 e. The third kappa shape index (κ3) is 8.22. The van der Waals surface area contributed by atoms with E-state index in [1.54, 1.807) is 0 Å². The molecule has 2 rings (SSSR count). The normalized spacial score (nSPS) is 16.9. The van der Waals surface area contributed by atoms with Gasteiger partial charge in [-0.3, -0.25) is 9.89 Å². The molecule has 2 N–H and O–H groups in total. The third-order valence-corrected chi connectivity index (χ3v) is 4.58. The van der Waals surface area contributed by atoms with Crippen LogP contribution in [0.5, 0.6) is 0 Å². The lowest BCUT2D eigenvalue weighted by Gasteiger charge is -2.35. The van der Waals surface area contributed by atoms with E-state index in [1.165, 1.54) is 17.5 Å². The molecule has 0 aromatic heterocycles. The van der Waals surface area contributed by atoms with Gasteiger partial charge in [0.05, 0.1) is 13.2 Å². The highest BCUT2D eigenvalue weighted by Gasteiger charge is 2.22. The number of benzene rings is 1. The number of guanidine groups is 1. The summed E-state index contributed by atoms with van der Waals surface area (Å²) in [6.45, 7) is 12.1. The van der Waals surface area contributed by atoms with Crippen LogP contribution in [0, 0.1) is 12.8 Å². The standard InChI is InChI=1S/C20H34N4O.HI/c1-16(2)12-19(24-8-10-25-11-9-24)15-23-20(21-4)22-14-18-7-5-6-17(3)13-18;/h5-7,13,16,19H,8-12,14-15H2,1-4H3,(H2,21,22,23);1H. The van der Waals surface area contributed by atoms with Gasteiger partial charge in [0.1, 0.15) is 0 Å². The number of nitrogens with zero attached hydrogens (tertiary/aromatic N) is 2. The molecule has 1 fully saturated rings. The van der Waals surface area contributed by atoms with Gasteiger partial charge in [0, 0.05) is 39.3 Å². The minimum absolute atomic E-state index is 0. The second-order valence-electron chi connectivity index (χ2n) is 7.23. The van der Waals surface area contributed by atoms with E-state index in [-0.39, 0.29) is 24.0 Å². The molecular formula is C20H35IN4O. The molecule has 5 nitrogen and oxygen atoms in total. The van der Waals surface area contributed by atoms with Crippen LogP contribution in [0.3, 0.4) is 0 Å². The number of ether oxygens (including phenoxy) is 1. The molecule has 1 atom stereocenters.